The van der Waals surface area contributed by atoms with E-state index in [1.807, 2.05) is 13.8 Å². The molecule has 1 aliphatic rings. The lowest BCUT2D eigenvalue weighted by atomic mass is 10.1. The monoisotopic (exact) mass is 263 g/mol. The number of hydrogen-bond acceptors (Lipinski definition) is 3. The highest BCUT2D eigenvalue weighted by atomic mass is 19.4. The molecule has 3 nitrogen and oxygen atoms in total. The van der Waals surface area contributed by atoms with Crippen molar-refractivity contribution in [3.63, 3.8) is 0 Å². The Bertz CT molecular complexity index is 290. The number of halogens is 3. The van der Waals surface area contributed by atoms with Crippen molar-refractivity contribution in [1.82, 2.24) is 10.2 Å². The summed E-state index contributed by atoms with van der Waals surface area (Å²) in [6.07, 6.45) is -2.38. The van der Waals surface area contributed by atoms with Gasteiger partial charge in [0.1, 0.15) is 0 Å². The van der Waals surface area contributed by atoms with Gasteiger partial charge in [0.05, 0.1) is 6.07 Å². The first-order chi connectivity index (χ1) is 8.34. The van der Waals surface area contributed by atoms with Crippen LogP contribution in [0.3, 0.4) is 0 Å². The van der Waals surface area contributed by atoms with Gasteiger partial charge in [-0.15, -0.1) is 0 Å². The minimum absolute atomic E-state index is 0.00519. The third kappa shape index (κ3) is 4.46. The van der Waals surface area contributed by atoms with Crippen LogP contribution in [0.2, 0.25) is 0 Å². The molecule has 2 unspecified atom stereocenters. The van der Waals surface area contributed by atoms with Crippen LogP contribution in [0.5, 0.6) is 0 Å². The second kappa shape index (κ2) is 6.39. The maximum Gasteiger partial charge on any atom is 0.405 e. The molecule has 0 saturated carbocycles. The van der Waals surface area contributed by atoms with Crippen LogP contribution in [0.4, 0.5) is 13.2 Å². The Morgan fingerprint density at radius 2 is 2.11 bits per heavy atom. The molecular weight excluding hydrogens is 243 g/mol. The Morgan fingerprint density at radius 3 is 2.50 bits per heavy atom. The summed E-state index contributed by atoms with van der Waals surface area (Å²) in [6.45, 7) is 4.98. The number of alkyl halides is 3. The fraction of sp³-hybridized carbons (Fsp3) is 0.917. The Labute approximate surface area is 106 Å². The summed E-state index contributed by atoms with van der Waals surface area (Å²) in [5.74, 6) is -1.90. The van der Waals surface area contributed by atoms with Gasteiger partial charge in [0.25, 0.3) is 0 Å². The molecule has 0 aromatic heterocycles. The van der Waals surface area contributed by atoms with Gasteiger partial charge >= 0.3 is 6.18 Å². The van der Waals surface area contributed by atoms with Gasteiger partial charge < -0.3 is 5.32 Å². The quantitative estimate of drug-likeness (QED) is 0.826. The number of nitriles is 1. The molecule has 104 valence electrons. The van der Waals surface area contributed by atoms with Crippen molar-refractivity contribution in [3.05, 3.63) is 0 Å². The van der Waals surface area contributed by atoms with E-state index in [1.165, 1.54) is 6.07 Å². The van der Waals surface area contributed by atoms with E-state index >= 15 is 0 Å². The zero-order valence-electron chi connectivity index (χ0n) is 10.8. The van der Waals surface area contributed by atoms with Crippen LogP contribution < -0.4 is 5.32 Å². The molecule has 0 aromatic carbocycles. The Kier molecular flexibility index (Phi) is 5.42. The van der Waals surface area contributed by atoms with E-state index in [1.54, 1.807) is 4.90 Å². The number of rotatable bonds is 5. The first-order valence-corrected chi connectivity index (χ1v) is 6.28. The van der Waals surface area contributed by atoms with Crippen molar-refractivity contribution in [2.45, 2.75) is 44.9 Å². The van der Waals surface area contributed by atoms with Gasteiger partial charge in [-0.2, -0.15) is 18.4 Å². The lowest BCUT2D eigenvalue weighted by Gasteiger charge is -2.31. The maximum absolute atomic E-state index is 12.6. The molecule has 0 amide bonds. The fourth-order valence-corrected chi connectivity index (χ4v) is 2.14. The van der Waals surface area contributed by atoms with E-state index in [0.29, 0.717) is 6.54 Å². The number of hydrogen-bond donors (Lipinski definition) is 1. The summed E-state index contributed by atoms with van der Waals surface area (Å²) in [7, 11) is 0. The predicted molar refractivity (Wildman–Crippen MR) is 62.9 cm³/mol. The lowest BCUT2D eigenvalue weighted by molar-refractivity contribution is -0.164. The first kappa shape index (κ1) is 15.3. The van der Waals surface area contributed by atoms with Crippen LogP contribution in [0.15, 0.2) is 0 Å². The molecular formula is C12H20F3N3. The minimum Gasteiger partial charge on any atom is -0.313 e. The highest BCUT2D eigenvalue weighted by Crippen LogP contribution is 2.27. The van der Waals surface area contributed by atoms with E-state index in [9.17, 15) is 13.2 Å². The van der Waals surface area contributed by atoms with E-state index in [0.717, 1.165) is 19.4 Å². The van der Waals surface area contributed by atoms with E-state index in [2.05, 4.69) is 5.32 Å². The summed E-state index contributed by atoms with van der Waals surface area (Å²) in [5.41, 5.74) is 0. The summed E-state index contributed by atoms with van der Waals surface area (Å²) in [6, 6.07) is 1.62. The van der Waals surface area contributed by atoms with Crippen LogP contribution in [0.1, 0.15) is 26.7 Å². The van der Waals surface area contributed by atoms with Crippen LogP contribution in [0.25, 0.3) is 0 Å². The van der Waals surface area contributed by atoms with Gasteiger partial charge in [-0.25, -0.2) is 0 Å². The fourth-order valence-electron chi connectivity index (χ4n) is 2.14. The lowest BCUT2D eigenvalue weighted by Crippen LogP contribution is -2.45. The molecule has 0 aliphatic carbocycles. The van der Waals surface area contributed by atoms with Crippen LogP contribution in [-0.4, -0.2) is 42.8 Å². The third-order valence-electron chi connectivity index (χ3n) is 3.32. The molecule has 1 saturated heterocycles. The summed E-state index contributed by atoms with van der Waals surface area (Å²) in [5, 5.41) is 11.9. The van der Waals surface area contributed by atoms with Crippen molar-refractivity contribution in [3.8, 4) is 6.07 Å². The molecule has 18 heavy (non-hydrogen) atoms. The van der Waals surface area contributed by atoms with Gasteiger partial charge in [-0.3, -0.25) is 4.90 Å². The molecule has 0 aromatic rings. The van der Waals surface area contributed by atoms with Crippen molar-refractivity contribution < 1.29 is 13.2 Å². The van der Waals surface area contributed by atoms with Crippen molar-refractivity contribution in [2.75, 3.05) is 19.6 Å². The van der Waals surface area contributed by atoms with Crippen molar-refractivity contribution in [1.29, 1.82) is 5.26 Å². The normalized spacial score (nSPS) is 22.4. The zero-order valence-corrected chi connectivity index (χ0v) is 10.8. The molecule has 0 bridgehead atoms. The molecule has 1 N–H and O–H groups in total. The van der Waals surface area contributed by atoms with Gasteiger partial charge in [0, 0.05) is 25.2 Å². The molecule has 6 heteroatoms. The zero-order chi connectivity index (χ0) is 13.8. The highest BCUT2D eigenvalue weighted by Gasteiger charge is 2.41. The van der Waals surface area contributed by atoms with Crippen LogP contribution >= 0.6 is 0 Å². The molecule has 2 atom stereocenters. The second-order valence-electron chi connectivity index (χ2n) is 5.06. The predicted octanol–water partition coefficient (Wildman–Crippen LogP) is 2.15. The first-order valence-electron chi connectivity index (χ1n) is 6.28. The average Bonchev–Trinajstić information content (AvgIpc) is 2.74. The van der Waals surface area contributed by atoms with Crippen molar-refractivity contribution >= 4 is 0 Å². The Balaban J connectivity index is 2.59. The smallest absolute Gasteiger partial charge is 0.313 e. The molecule has 0 radical (unpaired) electrons. The van der Waals surface area contributed by atoms with Gasteiger partial charge in [-0.1, -0.05) is 0 Å². The van der Waals surface area contributed by atoms with Crippen molar-refractivity contribution in [2.24, 2.45) is 5.92 Å². The van der Waals surface area contributed by atoms with Crippen LogP contribution in [0, 0.1) is 17.2 Å². The van der Waals surface area contributed by atoms with E-state index in [4.69, 9.17) is 5.26 Å². The number of nitrogens with zero attached hydrogens (tertiary/aromatic N) is 2. The summed E-state index contributed by atoms with van der Waals surface area (Å²) >= 11 is 0. The third-order valence-corrected chi connectivity index (χ3v) is 3.32. The second-order valence-corrected chi connectivity index (χ2v) is 5.06. The maximum atomic E-state index is 12.6. The minimum atomic E-state index is -4.44. The van der Waals surface area contributed by atoms with Crippen LogP contribution in [-0.2, 0) is 0 Å². The Hall–Kier alpha value is -0.800. The van der Waals surface area contributed by atoms with Gasteiger partial charge in [-0.05, 0) is 33.2 Å². The van der Waals surface area contributed by atoms with Gasteiger partial charge in [0.15, 0.2) is 5.92 Å². The molecule has 1 heterocycles. The standard InChI is InChI=1S/C12H20F3N3/c1-9(2)18(8-11-4-3-5-17-11)7-10(6-16)12(13,14)15/h9-11,17H,3-5,7-8H2,1-2H3. The molecule has 0 spiro atoms. The van der Waals surface area contributed by atoms with E-state index < -0.39 is 12.1 Å². The topological polar surface area (TPSA) is 39.1 Å². The number of nitrogens with one attached hydrogen (secondary N) is 1. The van der Waals surface area contributed by atoms with E-state index in [-0.39, 0.29) is 18.6 Å². The molecule has 1 fully saturated rings. The molecule has 1 rings (SSSR count). The summed E-state index contributed by atoms with van der Waals surface area (Å²) in [4.78, 5) is 1.74. The highest BCUT2D eigenvalue weighted by molar-refractivity contribution is 4.92. The SMILES string of the molecule is CC(C)N(CC1CCCN1)CC(C#N)C(F)(F)F. The largest absolute Gasteiger partial charge is 0.405 e. The Morgan fingerprint density at radius 1 is 1.44 bits per heavy atom. The summed E-state index contributed by atoms with van der Waals surface area (Å²) < 4.78 is 37.8. The van der Waals surface area contributed by atoms with Gasteiger partial charge in [0.2, 0.25) is 0 Å². The molecule has 1 aliphatic heterocycles. The average molecular weight is 263 g/mol.